The highest BCUT2D eigenvalue weighted by Crippen LogP contribution is 2.32. The van der Waals surface area contributed by atoms with E-state index in [0.29, 0.717) is 49.9 Å². The number of fused-ring (bicyclic) bond motifs is 1. The van der Waals surface area contributed by atoms with E-state index in [1.165, 1.54) is 6.26 Å². The Balaban J connectivity index is 1.55. The van der Waals surface area contributed by atoms with Gasteiger partial charge in [-0.15, -0.1) is 5.10 Å². The Kier molecular flexibility index (Phi) is 7.02. The van der Waals surface area contributed by atoms with Gasteiger partial charge in [0.25, 0.3) is 11.5 Å². The number of aromatic amines is 1. The molecule has 0 saturated carbocycles. The summed E-state index contributed by atoms with van der Waals surface area (Å²) in [6.07, 6.45) is 2.30. The summed E-state index contributed by atoms with van der Waals surface area (Å²) in [7, 11) is 0. The van der Waals surface area contributed by atoms with Crippen molar-refractivity contribution >= 4 is 16.8 Å². The molecule has 0 bridgehead atoms. The number of piperazine rings is 1. The van der Waals surface area contributed by atoms with E-state index < -0.39 is 6.04 Å². The lowest BCUT2D eigenvalue weighted by molar-refractivity contribution is 0.0554. The van der Waals surface area contributed by atoms with Crippen LogP contribution >= 0.6 is 0 Å². The number of ether oxygens (including phenoxy) is 1. The smallest absolute Gasteiger partial charge is 0.289 e. The molecule has 1 fully saturated rings. The summed E-state index contributed by atoms with van der Waals surface area (Å²) in [6, 6.07) is 10.4. The number of nitrogens with zero attached hydrogens (tertiary/aromatic N) is 6. The van der Waals surface area contributed by atoms with Crippen LogP contribution < -0.4 is 10.3 Å². The second kappa shape index (κ2) is 10.4. The highest BCUT2D eigenvalue weighted by Gasteiger charge is 2.36. The van der Waals surface area contributed by atoms with Gasteiger partial charge in [0, 0.05) is 42.6 Å². The Morgan fingerprint density at radius 3 is 2.63 bits per heavy atom. The first-order chi connectivity index (χ1) is 18.3. The Morgan fingerprint density at radius 2 is 1.95 bits per heavy atom. The molecule has 1 aliphatic heterocycles. The van der Waals surface area contributed by atoms with Gasteiger partial charge in [-0.1, -0.05) is 6.92 Å². The van der Waals surface area contributed by atoms with E-state index in [9.17, 15) is 9.59 Å². The fourth-order valence-corrected chi connectivity index (χ4v) is 4.85. The second-order valence-electron chi connectivity index (χ2n) is 10.1. The maximum absolute atomic E-state index is 13.5. The van der Waals surface area contributed by atoms with Crippen molar-refractivity contribution in [3.8, 4) is 5.75 Å². The van der Waals surface area contributed by atoms with Crippen LogP contribution in [0.1, 0.15) is 62.1 Å². The third-order valence-electron chi connectivity index (χ3n) is 7.33. The predicted octanol–water partition coefficient (Wildman–Crippen LogP) is 3.20. The maximum Gasteiger partial charge on any atom is 0.289 e. The highest BCUT2D eigenvalue weighted by atomic mass is 16.5. The van der Waals surface area contributed by atoms with Crippen LogP contribution in [-0.4, -0.2) is 73.7 Å². The minimum Gasteiger partial charge on any atom is -0.494 e. The number of carbonyl (C=O) groups is 1. The van der Waals surface area contributed by atoms with Gasteiger partial charge in [-0.3, -0.25) is 14.5 Å². The Hall–Kier alpha value is -3.99. The van der Waals surface area contributed by atoms with Gasteiger partial charge in [0.1, 0.15) is 11.8 Å². The number of benzene rings is 1. The number of pyridine rings is 1. The summed E-state index contributed by atoms with van der Waals surface area (Å²) < 4.78 is 12.8. The minimum absolute atomic E-state index is 0.143. The molecule has 0 unspecified atom stereocenters. The molecule has 1 amide bonds. The highest BCUT2D eigenvalue weighted by molar-refractivity contribution is 5.91. The van der Waals surface area contributed by atoms with Gasteiger partial charge in [-0.05, 0) is 74.0 Å². The van der Waals surface area contributed by atoms with E-state index in [4.69, 9.17) is 9.15 Å². The zero-order valence-electron chi connectivity index (χ0n) is 22.2. The molecule has 0 spiro atoms. The van der Waals surface area contributed by atoms with Gasteiger partial charge in [0.05, 0.1) is 18.4 Å². The molecule has 200 valence electrons. The first-order valence-corrected chi connectivity index (χ1v) is 13.0. The molecule has 1 N–H and O–H groups in total. The van der Waals surface area contributed by atoms with Gasteiger partial charge >= 0.3 is 0 Å². The normalized spacial score (nSPS) is 15.6. The van der Waals surface area contributed by atoms with Crippen LogP contribution in [0.4, 0.5) is 0 Å². The van der Waals surface area contributed by atoms with E-state index in [-0.39, 0.29) is 17.0 Å². The van der Waals surface area contributed by atoms with Crippen molar-refractivity contribution in [2.24, 2.45) is 0 Å². The van der Waals surface area contributed by atoms with Crippen LogP contribution in [0.3, 0.4) is 0 Å². The lowest BCUT2D eigenvalue weighted by Gasteiger charge is -2.39. The lowest BCUT2D eigenvalue weighted by Crippen LogP contribution is -2.51. The Labute approximate surface area is 220 Å². The average Bonchev–Trinajstić information content (AvgIpc) is 3.63. The molecule has 5 rings (SSSR count). The second-order valence-corrected chi connectivity index (χ2v) is 10.1. The van der Waals surface area contributed by atoms with Crippen LogP contribution in [0.5, 0.6) is 5.75 Å². The van der Waals surface area contributed by atoms with Crippen LogP contribution in [0.2, 0.25) is 0 Å². The average molecular weight is 520 g/mol. The van der Waals surface area contributed by atoms with Crippen LogP contribution in [0.25, 0.3) is 10.9 Å². The van der Waals surface area contributed by atoms with Crippen molar-refractivity contribution in [1.82, 2.24) is 35.0 Å². The molecule has 38 heavy (non-hydrogen) atoms. The van der Waals surface area contributed by atoms with Crippen molar-refractivity contribution < 1.29 is 13.9 Å². The number of tetrazole rings is 1. The number of furan rings is 1. The van der Waals surface area contributed by atoms with E-state index in [2.05, 4.69) is 46.2 Å². The molecule has 0 aliphatic carbocycles. The summed E-state index contributed by atoms with van der Waals surface area (Å²) in [5, 5.41) is 13.6. The Morgan fingerprint density at radius 1 is 1.16 bits per heavy atom. The third-order valence-corrected chi connectivity index (χ3v) is 7.33. The number of hydrogen-bond donors (Lipinski definition) is 1. The largest absolute Gasteiger partial charge is 0.494 e. The van der Waals surface area contributed by atoms with E-state index in [1.54, 1.807) is 17.0 Å². The minimum atomic E-state index is -0.513. The van der Waals surface area contributed by atoms with E-state index in [1.807, 2.05) is 35.9 Å². The SMILES string of the molecule is CCOc1ccc2[nH]c(=O)c([C@@H](c3nnnn3C(C)(C)CC)N3CCN(C(=O)c4ccco4)CC3)cc2c1. The lowest BCUT2D eigenvalue weighted by atomic mass is 9.99. The standard InChI is InChI=1S/C27H33N7O4/c1-5-27(3,4)34-24(29-30-31-34)23(32-11-13-33(14-12-32)26(36)22-8-7-15-38-22)20-17-18-16-19(37-6-2)9-10-21(18)28-25(20)35/h7-10,15-17,23H,5-6,11-14H2,1-4H3,(H,28,35)/t23-/m0/s1. The summed E-state index contributed by atoms with van der Waals surface area (Å²) in [5.74, 6) is 1.50. The molecule has 0 radical (unpaired) electrons. The van der Waals surface area contributed by atoms with Gasteiger partial charge in [-0.2, -0.15) is 0 Å². The zero-order chi connectivity index (χ0) is 26.9. The molecule has 1 atom stereocenters. The molecular formula is C27H33N7O4. The molecule has 11 heteroatoms. The molecular weight excluding hydrogens is 486 g/mol. The zero-order valence-corrected chi connectivity index (χ0v) is 22.2. The van der Waals surface area contributed by atoms with Gasteiger partial charge in [0.2, 0.25) is 0 Å². The summed E-state index contributed by atoms with van der Waals surface area (Å²) in [6.45, 7) is 10.7. The summed E-state index contributed by atoms with van der Waals surface area (Å²) >= 11 is 0. The number of nitrogens with one attached hydrogen (secondary N) is 1. The monoisotopic (exact) mass is 519 g/mol. The molecule has 4 aromatic rings. The third kappa shape index (κ3) is 4.81. The summed E-state index contributed by atoms with van der Waals surface area (Å²) in [5.41, 5.74) is 0.702. The molecule has 11 nitrogen and oxygen atoms in total. The van der Waals surface area contributed by atoms with Gasteiger partial charge in [0.15, 0.2) is 11.6 Å². The first kappa shape index (κ1) is 25.7. The van der Waals surface area contributed by atoms with E-state index >= 15 is 0 Å². The molecule has 3 aromatic heterocycles. The number of amides is 1. The van der Waals surface area contributed by atoms with Crippen LogP contribution in [-0.2, 0) is 5.54 Å². The number of rotatable bonds is 8. The number of H-pyrrole nitrogens is 1. The van der Waals surface area contributed by atoms with Gasteiger partial charge < -0.3 is 19.0 Å². The molecule has 1 aromatic carbocycles. The number of hydrogen-bond acceptors (Lipinski definition) is 8. The first-order valence-electron chi connectivity index (χ1n) is 13.0. The molecule has 1 saturated heterocycles. The van der Waals surface area contributed by atoms with Gasteiger partial charge in [-0.25, -0.2) is 4.68 Å². The van der Waals surface area contributed by atoms with Crippen molar-refractivity contribution in [2.45, 2.75) is 45.7 Å². The fourth-order valence-electron chi connectivity index (χ4n) is 4.85. The number of carbonyl (C=O) groups excluding carboxylic acids is 1. The Bertz CT molecular complexity index is 1470. The van der Waals surface area contributed by atoms with E-state index in [0.717, 1.165) is 23.1 Å². The van der Waals surface area contributed by atoms with Crippen LogP contribution in [0.15, 0.2) is 51.9 Å². The van der Waals surface area contributed by atoms with Crippen molar-refractivity contribution in [3.63, 3.8) is 0 Å². The number of aromatic nitrogens is 5. The predicted molar refractivity (Wildman–Crippen MR) is 141 cm³/mol. The topological polar surface area (TPSA) is 122 Å². The quantitative estimate of drug-likeness (QED) is 0.377. The van der Waals surface area contributed by atoms with Crippen LogP contribution in [0, 0.1) is 0 Å². The fraction of sp³-hybridized carbons (Fsp3) is 0.444. The van der Waals surface area contributed by atoms with Crippen molar-refractivity contribution in [2.75, 3.05) is 32.8 Å². The van der Waals surface area contributed by atoms with Crippen molar-refractivity contribution in [1.29, 1.82) is 0 Å². The van der Waals surface area contributed by atoms with Crippen molar-refractivity contribution in [3.05, 3.63) is 70.2 Å². The molecule has 4 heterocycles. The maximum atomic E-state index is 13.5. The summed E-state index contributed by atoms with van der Waals surface area (Å²) in [4.78, 5) is 33.3. The molecule has 1 aliphatic rings.